The summed E-state index contributed by atoms with van der Waals surface area (Å²) < 4.78 is 2.05. The van der Waals surface area contributed by atoms with Crippen molar-refractivity contribution in [2.24, 2.45) is 12.8 Å². The largest absolute Gasteiger partial charge is 0.338 e. The third-order valence-corrected chi connectivity index (χ3v) is 3.52. The Labute approximate surface area is 113 Å². The first-order valence-corrected chi connectivity index (χ1v) is 6.50. The van der Waals surface area contributed by atoms with Crippen LogP contribution in [-0.4, -0.2) is 16.1 Å². The first kappa shape index (κ1) is 13.1. The van der Waals surface area contributed by atoms with Crippen molar-refractivity contribution in [3.05, 3.63) is 53.1 Å². The zero-order chi connectivity index (χ0) is 13.0. The second-order valence-corrected chi connectivity index (χ2v) is 4.91. The fraction of sp³-hybridized carbons (Fsp3) is 0.357. The van der Waals surface area contributed by atoms with Crippen LogP contribution < -0.4 is 5.73 Å². The van der Waals surface area contributed by atoms with E-state index in [4.69, 9.17) is 17.3 Å². The van der Waals surface area contributed by atoms with E-state index < -0.39 is 0 Å². The lowest BCUT2D eigenvalue weighted by Crippen LogP contribution is -2.14. The van der Waals surface area contributed by atoms with Crippen molar-refractivity contribution < 1.29 is 0 Å². The summed E-state index contributed by atoms with van der Waals surface area (Å²) >= 11 is 5.89. The summed E-state index contributed by atoms with van der Waals surface area (Å²) in [5.41, 5.74) is 7.11. The van der Waals surface area contributed by atoms with Crippen LogP contribution in [0.3, 0.4) is 0 Å². The number of benzene rings is 1. The molecule has 2 N–H and O–H groups in total. The van der Waals surface area contributed by atoms with Crippen LogP contribution in [0.15, 0.2) is 36.7 Å². The van der Waals surface area contributed by atoms with Crippen molar-refractivity contribution in [1.82, 2.24) is 9.55 Å². The van der Waals surface area contributed by atoms with E-state index >= 15 is 0 Å². The van der Waals surface area contributed by atoms with E-state index in [2.05, 4.69) is 21.7 Å². The third kappa shape index (κ3) is 3.12. The molecule has 1 heterocycles. The topological polar surface area (TPSA) is 43.8 Å². The Morgan fingerprint density at radius 2 is 2.06 bits per heavy atom. The zero-order valence-electron chi connectivity index (χ0n) is 10.5. The SMILES string of the molecule is Cn1ccnc1CCC(CN)c1ccc(Cl)cc1. The van der Waals surface area contributed by atoms with Crippen LogP contribution in [0, 0.1) is 0 Å². The van der Waals surface area contributed by atoms with Gasteiger partial charge in [-0.05, 0) is 36.6 Å². The summed E-state index contributed by atoms with van der Waals surface area (Å²) in [4.78, 5) is 4.33. The quantitative estimate of drug-likeness (QED) is 0.902. The van der Waals surface area contributed by atoms with E-state index in [9.17, 15) is 0 Å². The van der Waals surface area contributed by atoms with Gasteiger partial charge in [0.05, 0.1) is 0 Å². The molecule has 0 amide bonds. The van der Waals surface area contributed by atoms with Crippen molar-refractivity contribution in [3.8, 4) is 0 Å². The molecular formula is C14H18ClN3. The molecule has 0 radical (unpaired) electrons. The Morgan fingerprint density at radius 3 is 2.61 bits per heavy atom. The van der Waals surface area contributed by atoms with E-state index in [0.29, 0.717) is 12.5 Å². The molecule has 2 aromatic rings. The van der Waals surface area contributed by atoms with Crippen molar-refractivity contribution in [2.75, 3.05) is 6.54 Å². The molecule has 4 heteroatoms. The Morgan fingerprint density at radius 1 is 1.33 bits per heavy atom. The number of halogens is 1. The molecule has 1 atom stereocenters. The van der Waals surface area contributed by atoms with E-state index in [1.54, 1.807) is 0 Å². The molecule has 1 aromatic carbocycles. The smallest absolute Gasteiger partial charge is 0.108 e. The standard InChI is InChI=1S/C14H18ClN3/c1-18-9-8-17-14(18)7-4-12(10-16)11-2-5-13(15)6-3-11/h2-3,5-6,8-9,12H,4,7,10,16H2,1H3. The number of hydrogen-bond acceptors (Lipinski definition) is 2. The Balaban J connectivity index is 2.01. The van der Waals surface area contributed by atoms with Gasteiger partial charge in [-0.2, -0.15) is 0 Å². The van der Waals surface area contributed by atoms with Crippen molar-refractivity contribution in [3.63, 3.8) is 0 Å². The molecule has 2 rings (SSSR count). The maximum Gasteiger partial charge on any atom is 0.108 e. The second-order valence-electron chi connectivity index (χ2n) is 4.48. The summed E-state index contributed by atoms with van der Waals surface area (Å²) in [5.74, 6) is 1.46. The van der Waals surface area contributed by atoms with E-state index in [-0.39, 0.29) is 0 Å². The Hall–Kier alpha value is -1.32. The van der Waals surface area contributed by atoms with Gasteiger partial charge in [-0.3, -0.25) is 0 Å². The minimum absolute atomic E-state index is 0.360. The molecule has 0 saturated heterocycles. The van der Waals surface area contributed by atoms with E-state index in [1.165, 1.54) is 5.56 Å². The summed E-state index contributed by atoms with van der Waals surface area (Å²) in [5, 5.41) is 0.763. The van der Waals surface area contributed by atoms with Crippen LogP contribution in [0.25, 0.3) is 0 Å². The molecule has 0 saturated carbocycles. The number of aromatic nitrogens is 2. The highest BCUT2D eigenvalue weighted by Crippen LogP contribution is 2.22. The number of nitrogens with zero attached hydrogens (tertiary/aromatic N) is 2. The molecular weight excluding hydrogens is 246 g/mol. The van der Waals surface area contributed by atoms with Crippen molar-refractivity contribution in [1.29, 1.82) is 0 Å². The lowest BCUT2D eigenvalue weighted by atomic mass is 9.94. The molecule has 96 valence electrons. The van der Waals surface area contributed by atoms with E-state index in [0.717, 1.165) is 23.7 Å². The molecule has 0 spiro atoms. The van der Waals surface area contributed by atoms with Crippen LogP contribution >= 0.6 is 11.6 Å². The normalized spacial score (nSPS) is 12.6. The Bertz CT molecular complexity index is 490. The van der Waals surface area contributed by atoms with Crippen LogP contribution in [0.2, 0.25) is 5.02 Å². The van der Waals surface area contributed by atoms with Gasteiger partial charge in [0.1, 0.15) is 5.82 Å². The number of imidazole rings is 1. The molecule has 0 aliphatic heterocycles. The van der Waals surface area contributed by atoms with Gasteiger partial charge >= 0.3 is 0 Å². The van der Waals surface area contributed by atoms with Gasteiger partial charge in [0.25, 0.3) is 0 Å². The summed E-state index contributed by atoms with van der Waals surface area (Å²) in [6, 6.07) is 7.94. The zero-order valence-corrected chi connectivity index (χ0v) is 11.3. The van der Waals surface area contributed by atoms with Gasteiger partial charge in [0, 0.05) is 30.9 Å². The minimum atomic E-state index is 0.360. The van der Waals surface area contributed by atoms with Crippen LogP contribution in [0.1, 0.15) is 23.7 Å². The highest BCUT2D eigenvalue weighted by Gasteiger charge is 2.11. The molecule has 0 aliphatic rings. The van der Waals surface area contributed by atoms with Crippen LogP contribution in [0.5, 0.6) is 0 Å². The molecule has 0 fully saturated rings. The van der Waals surface area contributed by atoms with Gasteiger partial charge < -0.3 is 10.3 Å². The number of aryl methyl sites for hydroxylation is 2. The summed E-state index contributed by atoms with van der Waals surface area (Å²) in [6.45, 7) is 0.645. The highest BCUT2D eigenvalue weighted by molar-refractivity contribution is 6.30. The monoisotopic (exact) mass is 263 g/mol. The van der Waals surface area contributed by atoms with Gasteiger partial charge in [-0.25, -0.2) is 4.98 Å². The number of rotatable bonds is 5. The average molecular weight is 264 g/mol. The number of hydrogen-bond donors (Lipinski definition) is 1. The third-order valence-electron chi connectivity index (χ3n) is 3.26. The van der Waals surface area contributed by atoms with Gasteiger partial charge in [-0.15, -0.1) is 0 Å². The maximum absolute atomic E-state index is 5.89. The second kappa shape index (κ2) is 6.03. The lowest BCUT2D eigenvalue weighted by Gasteiger charge is -2.15. The molecule has 1 unspecified atom stereocenters. The molecule has 0 aliphatic carbocycles. The first-order chi connectivity index (χ1) is 8.70. The van der Waals surface area contributed by atoms with Crippen LogP contribution in [0.4, 0.5) is 0 Å². The van der Waals surface area contributed by atoms with Crippen LogP contribution in [-0.2, 0) is 13.5 Å². The fourth-order valence-electron chi connectivity index (χ4n) is 2.10. The van der Waals surface area contributed by atoms with Crippen molar-refractivity contribution >= 4 is 11.6 Å². The Kier molecular flexibility index (Phi) is 4.39. The summed E-state index contributed by atoms with van der Waals surface area (Å²) in [6.07, 6.45) is 5.74. The molecule has 1 aromatic heterocycles. The van der Waals surface area contributed by atoms with Gasteiger partial charge in [-0.1, -0.05) is 23.7 Å². The predicted molar refractivity (Wildman–Crippen MR) is 74.8 cm³/mol. The van der Waals surface area contributed by atoms with Gasteiger partial charge in [0.15, 0.2) is 0 Å². The maximum atomic E-state index is 5.89. The predicted octanol–water partition coefficient (Wildman–Crippen LogP) is 2.75. The minimum Gasteiger partial charge on any atom is -0.338 e. The number of nitrogens with two attached hydrogens (primary N) is 1. The van der Waals surface area contributed by atoms with E-state index in [1.807, 2.05) is 31.6 Å². The average Bonchev–Trinajstić information content (AvgIpc) is 2.78. The molecule has 0 bridgehead atoms. The fourth-order valence-corrected chi connectivity index (χ4v) is 2.22. The molecule has 3 nitrogen and oxygen atoms in total. The molecule has 18 heavy (non-hydrogen) atoms. The van der Waals surface area contributed by atoms with Gasteiger partial charge in [0.2, 0.25) is 0 Å². The summed E-state index contributed by atoms with van der Waals surface area (Å²) in [7, 11) is 2.02. The van der Waals surface area contributed by atoms with Crippen molar-refractivity contribution in [2.45, 2.75) is 18.8 Å². The first-order valence-electron chi connectivity index (χ1n) is 6.12. The highest BCUT2D eigenvalue weighted by atomic mass is 35.5. The lowest BCUT2D eigenvalue weighted by molar-refractivity contribution is 0.608.